The minimum Gasteiger partial charge on any atom is -0.507 e. The van der Waals surface area contributed by atoms with Gasteiger partial charge in [-0.3, -0.25) is 4.90 Å². The van der Waals surface area contributed by atoms with Gasteiger partial charge in [0.2, 0.25) is 0 Å². The van der Waals surface area contributed by atoms with Crippen LogP contribution in [-0.4, -0.2) is 30.2 Å². The minimum absolute atomic E-state index is 0.261. The molecular weight excluding hydrogens is 250 g/mol. The zero-order valence-electron chi connectivity index (χ0n) is 12.9. The molecular formula is C17H27NO2. The lowest BCUT2D eigenvalue weighted by atomic mass is 9.98. The molecule has 0 aliphatic carbocycles. The van der Waals surface area contributed by atoms with Crippen LogP contribution in [0.25, 0.3) is 0 Å². The second-order valence-corrected chi connectivity index (χ2v) is 5.84. The van der Waals surface area contributed by atoms with E-state index in [1.165, 1.54) is 25.7 Å². The Bertz CT molecular complexity index is 433. The number of ether oxygens (including phenoxy) is 1. The molecule has 2 atom stereocenters. The van der Waals surface area contributed by atoms with Crippen molar-refractivity contribution in [3.63, 3.8) is 0 Å². The molecule has 0 bridgehead atoms. The number of likely N-dealkylation sites (tertiary alicyclic amines) is 1. The van der Waals surface area contributed by atoms with Gasteiger partial charge in [0.05, 0.1) is 7.11 Å². The van der Waals surface area contributed by atoms with Crippen LogP contribution in [0, 0.1) is 5.92 Å². The van der Waals surface area contributed by atoms with Crippen LogP contribution in [0.15, 0.2) is 18.2 Å². The van der Waals surface area contributed by atoms with Gasteiger partial charge in [0.1, 0.15) is 11.5 Å². The topological polar surface area (TPSA) is 32.7 Å². The molecule has 0 spiro atoms. The van der Waals surface area contributed by atoms with Gasteiger partial charge in [-0.2, -0.15) is 0 Å². The Labute approximate surface area is 122 Å². The van der Waals surface area contributed by atoms with Crippen molar-refractivity contribution in [1.29, 1.82) is 0 Å². The van der Waals surface area contributed by atoms with E-state index in [-0.39, 0.29) is 6.04 Å². The summed E-state index contributed by atoms with van der Waals surface area (Å²) in [5.74, 6) is 1.92. The molecule has 0 amide bonds. The van der Waals surface area contributed by atoms with Crippen LogP contribution in [0.5, 0.6) is 11.5 Å². The van der Waals surface area contributed by atoms with Crippen molar-refractivity contribution in [2.45, 2.75) is 45.6 Å². The van der Waals surface area contributed by atoms with Gasteiger partial charge in [-0.05, 0) is 51.3 Å². The largest absolute Gasteiger partial charge is 0.507 e. The first-order valence-corrected chi connectivity index (χ1v) is 7.76. The number of hydrogen-bond acceptors (Lipinski definition) is 3. The molecule has 0 saturated carbocycles. The maximum atomic E-state index is 10.2. The number of benzene rings is 1. The third kappa shape index (κ3) is 3.45. The van der Waals surface area contributed by atoms with Gasteiger partial charge < -0.3 is 9.84 Å². The quantitative estimate of drug-likeness (QED) is 0.903. The number of phenolic OH excluding ortho intramolecular Hbond substituents is 1. The molecule has 1 N–H and O–H groups in total. The average Bonchev–Trinajstić information content (AvgIpc) is 2.71. The maximum absolute atomic E-state index is 10.2. The first kappa shape index (κ1) is 15.2. The van der Waals surface area contributed by atoms with E-state index in [4.69, 9.17) is 4.74 Å². The molecule has 1 aromatic carbocycles. The van der Waals surface area contributed by atoms with Crippen molar-refractivity contribution in [1.82, 2.24) is 4.90 Å². The van der Waals surface area contributed by atoms with Crippen LogP contribution < -0.4 is 4.74 Å². The van der Waals surface area contributed by atoms with Gasteiger partial charge >= 0.3 is 0 Å². The molecule has 20 heavy (non-hydrogen) atoms. The first-order valence-electron chi connectivity index (χ1n) is 7.76. The lowest BCUT2D eigenvalue weighted by Gasteiger charge is -2.28. The van der Waals surface area contributed by atoms with Crippen molar-refractivity contribution in [3.8, 4) is 11.5 Å². The minimum atomic E-state index is 0.261. The molecule has 1 aliphatic heterocycles. The molecule has 3 nitrogen and oxygen atoms in total. The lowest BCUT2D eigenvalue weighted by Crippen LogP contribution is -2.28. The third-order valence-electron chi connectivity index (χ3n) is 4.70. The lowest BCUT2D eigenvalue weighted by molar-refractivity contribution is 0.212. The Kier molecular flexibility index (Phi) is 5.30. The van der Waals surface area contributed by atoms with Crippen LogP contribution in [0.1, 0.15) is 51.1 Å². The Morgan fingerprint density at radius 1 is 1.35 bits per heavy atom. The van der Waals surface area contributed by atoms with Crippen molar-refractivity contribution < 1.29 is 9.84 Å². The Hall–Kier alpha value is -1.22. The first-order chi connectivity index (χ1) is 9.65. The highest BCUT2D eigenvalue weighted by atomic mass is 16.5. The molecule has 1 heterocycles. The molecule has 1 fully saturated rings. The van der Waals surface area contributed by atoms with Crippen LogP contribution in [-0.2, 0) is 0 Å². The summed E-state index contributed by atoms with van der Waals surface area (Å²) in [6.07, 6.45) is 5.17. The van der Waals surface area contributed by atoms with E-state index >= 15 is 0 Å². The summed E-state index contributed by atoms with van der Waals surface area (Å²) < 4.78 is 5.15. The monoisotopic (exact) mass is 277 g/mol. The van der Waals surface area contributed by atoms with E-state index in [0.717, 1.165) is 24.6 Å². The van der Waals surface area contributed by atoms with E-state index in [1.54, 1.807) is 13.2 Å². The van der Waals surface area contributed by atoms with Gasteiger partial charge in [-0.25, -0.2) is 0 Å². The predicted molar refractivity (Wildman–Crippen MR) is 82.3 cm³/mol. The normalized spacial score (nSPS) is 22.2. The summed E-state index contributed by atoms with van der Waals surface area (Å²) in [6, 6.07) is 5.88. The molecule has 112 valence electrons. The van der Waals surface area contributed by atoms with E-state index < -0.39 is 0 Å². The highest BCUT2D eigenvalue weighted by Crippen LogP contribution is 2.33. The summed E-state index contributed by atoms with van der Waals surface area (Å²) in [6.45, 7) is 6.74. The fourth-order valence-electron chi connectivity index (χ4n) is 3.18. The third-order valence-corrected chi connectivity index (χ3v) is 4.70. The van der Waals surface area contributed by atoms with Gasteiger partial charge in [-0.1, -0.05) is 19.4 Å². The molecule has 3 heteroatoms. The average molecular weight is 277 g/mol. The summed E-state index contributed by atoms with van der Waals surface area (Å²) in [7, 11) is 1.62. The van der Waals surface area contributed by atoms with E-state index in [0.29, 0.717) is 11.5 Å². The van der Waals surface area contributed by atoms with Crippen molar-refractivity contribution in [3.05, 3.63) is 23.8 Å². The highest BCUT2D eigenvalue weighted by Gasteiger charge is 2.22. The Morgan fingerprint density at radius 3 is 2.80 bits per heavy atom. The number of rotatable bonds is 4. The number of phenols is 1. The number of nitrogens with zero attached hydrogens (tertiary/aromatic N) is 1. The fourth-order valence-corrected chi connectivity index (χ4v) is 3.18. The Balaban J connectivity index is 2.08. The molecule has 2 unspecified atom stereocenters. The fraction of sp³-hybridized carbons (Fsp3) is 0.647. The highest BCUT2D eigenvalue weighted by molar-refractivity contribution is 5.41. The standard InChI is InChI=1S/C17H27NO2/c1-4-14-6-5-10-18(11-9-14)13(2)16-8-7-15(20-3)12-17(16)19/h7-8,12-14,19H,4-6,9-11H2,1-3H3. The van der Waals surface area contributed by atoms with Crippen LogP contribution in [0.4, 0.5) is 0 Å². The van der Waals surface area contributed by atoms with Crippen LogP contribution in [0.2, 0.25) is 0 Å². The molecule has 1 aromatic rings. The SMILES string of the molecule is CCC1CCCN(C(C)c2ccc(OC)cc2O)CC1. The van der Waals surface area contributed by atoms with E-state index in [9.17, 15) is 5.11 Å². The van der Waals surface area contributed by atoms with Crippen molar-refractivity contribution >= 4 is 0 Å². The summed E-state index contributed by atoms with van der Waals surface area (Å²) in [5.41, 5.74) is 1.00. The maximum Gasteiger partial charge on any atom is 0.124 e. The van der Waals surface area contributed by atoms with E-state index in [1.807, 2.05) is 12.1 Å². The second-order valence-electron chi connectivity index (χ2n) is 5.84. The zero-order chi connectivity index (χ0) is 14.5. The molecule has 0 aromatic heterocycles. The zero-order valence-corrected chi connectivity index (χ0v) is 12.9. The van der Waals surface area contributed by atoms with Crippen LogP contribution in [0.3, 0.4) is 0 Å². The number of aromatic hydroxyl groups is 1. The molecule has 1 saturated heterocycles. The smallest absolute Gasteiger partial charge is 0.124 e. The molecule has 2 rings (SSSR count). The number of hydrogen-bond donors (Lipinski definition) is 1. The van der Waals surface area contributed by atoms with Gasteiger partial charge in [0, 0.05) is 17.7 Å². The van der Waals surface area contributed by atoms with Crippen molar-refractivity contribution in [2.75, 3.05) is 20.2 Å². The summed E-state index contributed by atoms with van der Waals surface area (Å²) in [5, 5.41) is 10.2. The predicted octanol–water partition coefficient (Wildman–Crippen LogP) is 3.97. The van der Waals surface area contributed by atoms with E-state index in [2.05, 4.69) is 18.7 Å². The second kappa shape index (κ2) is 6.98. The van der Waals surface area contributed by atoms with Gasteiger partial charge in [0.25, 0.3) is 0 Å². The Morgan fingerprint density at radius 2 is 2.15 bits per heavy atom. The number of methoxy groups -OCH3 is 1. The van der Waals surface area contributed by atoms with Gasteiger partial charge in [-0.15, -0.1) is 0 Å². The summed E-state index contributed by atoms with van der Waals surface area (Å²) >= 11 is 0. The van der Waals surface area contributed by atoms with Gasteiger partial charge in [0.15, 0.2) is 0 Å². The molecule has 1 aliphatic rings. The van der Waals surface area contributed by atoms with Crippen LogP contribution >= 0.6 is 0 Å². The summed E-state index contributed by atoms with van der Waals surface area (Å²) in [4.78, 5) is 2.50. The molecule has 0 radical (unpaired) electrons. The van der Waals surface area contributed by atoms with Crippen molar-refractivity contribution in [2.24, 2.45) is 5.92 Å².